The minimum atomic E-state index is 0.152. The van der Waals surface area contributed by atoms with Crippen LogP contribution in [0.5, 0.6) is 0 Å². The highest BCUT2D eigenvalue weighted by molar-refractivity contribution is 5.95. The van der Waals surface area contributed by atoms with E-state index >= 15 is 0 Å². The number of carbonyl (C=O) groups is 1. The summed E-state index contributed by atoms with van der Waals surface area (Å²) in [5.74, 6) is 0.152. The van der Waals surface area contributed by atoms with Crippen molar-refractivity contribution in [1.82, 2.24) is 4.98 Å². The van der Waals surface area contributed by atoms with Gasteiger partial charge in [0.1, 0.15) is 0 Å². The number of nitrogens with two attached hydrogens (primary N) is 1. The normalized spacial score (nSPS) is 14.8. The summed E-state index contributed by atoms with van der Waals surface area (Å²) >= 11 is 0. The van der Waals surface area contributed by atoms with Crippen LogP contribution in [0, 0.1) is 0 Å². The summed E-state index contributed by atoms with van der Waals surface area (Å²) < 4.78 is 0. The molecule has 0 radical (unpaired) electrons. The maximum absolute atomic E-state index is 12.3. The average molecular weight is 267 g/mol. The van der Waals surface area contributed by atoms with Crippen LogP contribution in [0.3, 0.4) is 0 Å². The van der Waals surface area contributed by atoms with Crippen molar-refractivity contribution in [3.8, 4) is 0 Å². The molecule has 0 aliphatic carbocycles. The molecule has 1 aliphatic rings. The van der Waals surface area contributed by atoms with Gasteiger partial charge >= 0.3 is 0 Å². The molecule has 1 amide bonds. The Bertz CT molecular complexity index is 625. The predicted octanol–water partition coefficient (Wildman–Crippen LogP) is 2.53. The SMILES string of the molecule is Nc1ccc2c(c1)CCCC(=O)N2Cc1ccccn1. The van der Waals surface area contributed by atoms with E-state index in [2.05, 4.69) is 4.98 Å². The van der Waals surface area contributed by atoms with E-state index in [1.165, 1.54) is 0 Å². The highest BCUT2D eigenvalue weighted by atomic mass is 16.2. The number of aryl methyl sites for hydroxylation is 1. The Balaban J connectivity index is 1.98. The van der Waals surface area contributed by atoms with Gasteiger partial charge in [0.15, 0.2) is 0 Å². The minimum absolute atomic E-state index is 0.152. The molecule has 20 heavy (non-hydrogen) atoms. The fourth-order valence-corrected chi connectivity index (χ4v) is 2.60. The van der Waals surface area contributed by atoms with Crippen molar-refractivity contribution in [1.29, 1.82) is 0 Å². The van der Waals surface area contributed by atoms with Gasteiger partial charge in [-0.25, -0.2) is 0 Å². The molecule has 0 saturated carbocycles. The maximum Gasteiger partial charge on any atom is 0.227 e. The molecule has 0 saturated heterocycles. The second kappa shape index (κ2) is 5.33. The van der Waals surface area contributed by atoms with Crippen molar-refractivity contribution in [2.24, 2.45) is 0 Å². The second-order valence-electron chi connectivity index (χ2n) is 5.04. The first-order valence-electron chi connectivity index (χ1n) is 6.83. The third-order valence-electron chi connectivity index (χ3n) is 3.58. The Morgan fingerprint density at radius 3 is 2.90 bits per heavy atom. The number of anilines is 2. The number of nitrogens with zero attached hydrogens (tertiary/aromatic N) is 2. The van der Waals surface area contributed by atoms with Gasteiger partial charge in [-0.2, -0.15) is 0 Å². The predicted molar refractivity (Wildman–Crippen MR) is 79.2 cm³/mol. The summed E-state index contributed by atoms with van der Waals surface area (Å²) in [7, 11) is 0. The summed E-state index contributed by atoms with van der Waals surface area (Å²) in [5.41, 5.74) is 9.60. The molecule has 1 aliphatic heterocycles. The fourth-order valence-electron chi connectivity index (χ4n) is 2.60. The van der Waals surface area contributed by atoms with Crippen LogP contribution in [0.15, 0.2) is 42.6 Å². The molecule has 2 heterocycles. The number of carbonyl (C=O) groups excluding carboxylic acids is 1. The highest BCUT2D eigenvalue weighted by Gasteiger charge is 2.22. The first-order chi connectivity index (χ1) is 9.74. The van der Waals surface area contributed by atoms with Crippen LogP contribution < -0.4 is 10.6 Å². The maximum atomic E-state index is 12.3. The topological polar surface area (TPSA) is 59.2 Å². The second-order valence-corrected chi connectivity index (χ2v) is 5.04. The van der Waals surface area contributed by atoms with Gasteiger partial charge in [-0.15, -0.1) is 0 Å². The molecule has 4 heteroatoms. The third kappa shape index (κ3) is 2.50. The number of benzene rings is 1. The molecule has 2 N–H and O–H groups in total. The zero-order chi connectivity index (χ0) is 13.9. The molecule has 1 aromatic carbocycles. The molecule has 0 spiro atoms. The van der Waals surface area contributed by atoms with E-state index < -0.39 is 0 Å². The van der Waals surface area contributed by atoms with Crippen LogP contribution in [0.4, 0.5) is 11.4 Å². The van der Waals surface area contributed by atoms with Crippen molar-refractivity contribution in [2.75, 3.05) is 10.6 Å². The van der Waals surface area contributed by atoms with E-state index in [9.17, 15) is 4.79 Å². The van der Waals surface area contributed by atoms with Crippen molar-refractivity contribution < 1.29 is 4.79 Å². The van der Waals surface area contributed by atoms with Crippen LogP contribution >= 0.6 is 0 Å². The molecule has 4 nitrogen and oxygen atoms in total. The third-order valence-corrected chi connectivity index (χ3v) is 3.58. The molecule has 0 atom stereocenters. The van der Waals surface area contributed by atoms with Gasteiger partial charge in [0.25, 0.3) is 0 Å². The van der Waals surface area contributed by atoms with E-state index in [1.54, 1.807) is 6.20 Å². The molecule has 0 fully saturated rings. The van der Waals surface area contributed by atoms with Crippen molar-refractivity contribution in [3.63, 3.8) is 0 Å². The molecule has 3 rings (SSSR count). The Kier molecular flexibility index (Phi) is 3.37. The van der Waals surface area contributed by atoms with E-state index in [0.717, 1.165) is 35.5 Å². The summed E-state index contributed by atoms with van der Waals surface area (Å²) in [6.07, 6.45) is 4.09. The number of hydrogen-bond acceptors (Lipinski definition) is 3. The number of pyridine rings is 1. The van der Waals surface area contributed by atoms with E-state index in [0.29, 0.717) is 13.0 Å². The Hall–Kier alpha value is -2.36. The van der Waals surface area contributed by atoms with Crippen molar-refractivity contribution in [2.45, 2.75) is 25.8 Å². The smallest absolute Gasteiger partial charge is 0.227 e. The lowest BCUT2D eigenvalue weighted by Gasteiger charge is -2.23. The number of rotatable bonds is 2. The number of nitrogen functional groups attached to an aromatic ring is 1. The Morgan fingerprint density at radius 1 is 1.20 bits per heavy atom. The van der Waals surface area contributed by atoms with Gasteiger partial charge in [-0.3, -0.25) is 9.78 Å². The lowest BCUT2D eigenvalue weighted by Crippen LogP contribution is -2.30. The summed E-state index contributed by atoms with van der Waals surface area (Å²) in [5, 5.41) is 0. The zero-order valence-electron chi connectivity index (χ0n) is 11.2. The van der Waals surface area contributed by atoms with Gasteiger partial charge in [0.05, 0.1) is 12.2 Å². The van der Waals surface area contributed by atoms with Crippen LogP contribution in [0.2, 0.25) is 0 Å². The molecular weight excluding hydrogens is 250 g/mol. The molecule has 0 unspecified atom stereocenters. The van der Waals surface area contributed by atoms with Crippen molar-refractivity contribution in [3.05, 3.63) is 53.9 Å². The van der Waals surface area contributed by atoms with Gasteiger partial charge in [-0.1, -0.05) is 6.07 Å². The molecule has 0 bridgehead atoms. The monoisotopic (exact) mass is 267 g/mol. The number of fused-ring (bicyclic) bond motifs is 1. The number of amides is 1. The molecular formula is C16H17N3O. The molecule has 102 valence electrons. The lowest BCUT2D eigenvalue weighted by molar-refractivity contribution is -0.118. The van der Waals surface area contributed by atoms with Gasteiger partial charge in [0.2, 0.25) is 5.91 Å². The van der Waals surface area contributed by atoms with E-state index in [1.807, 2.05) is 41.3 Å². The van der Waals surface area contributed by atoms with Crippen molar-refractivity contribution >= 4 is 17.3 Å². The zero-order valence-corrected chi connectivity index (χ0v) is 11.2. The standard InChI is InChI=1S/C16H17N3O/c17-13-7-8-15-12(10-13)4-3-6-16(20)19(15)11-14-5-1-2-9-18-14/h1-2,5,7-10H,3-4,6,11,17H2. The largest absolute Gasteiger partial charge is 0.399 e. The summed E-state index contributed by atoms with van der Waals surface area (Å²) in [6.45, 7) is 0.511. The van der Waals surface area contributed by atoms with E-state index in [4.69, 9.17) is 5.73 Å². The molecule has 2 aromatic rings. The Labute approximate surface area is 118 Å². The molecule has 1 aromatic heterocycles. The van der Waals surface area contributed by atoms with Gasteiger partial charge < -0.3 is 10.6 Å². The quantitative estimate of drug-likeness (QED) is 0.851. The van der Waals surface area contributed by atoms with Gasteiger partial charge in [-0.05, 0) is 48.7 Å². The fraction of sp³-hybridized carbons (Fsp3) is 0.250. The van der Waals surface area contributed by atoms with Crippen LogP contribution in [0.25, 0.3) is 0 Å². The number of hydrogen-bond donors (Lipinski definition) is 1. The summed E-state index contributed by atoms with van der Waals surface area (Å²) in [4.78, 5) is 18.5. The first-order valence-corrected chi connectivity index (χ1v) is 6.83. The first kappa shape index (κ1) is 12.7. The van der Waals surface area contributed by atoms with Gasteiger partial charge in [0, 0.05) is 24.0 Å². The average Bonchev–Trinajstić information content (AvgIpc) is 2.60. The van der Waals surface area contributed by atoms with Crippen LogP contribution in [-0.4, -0.2) is 10.9 Å². The minimum Gasteiger partial charge on any atom is -0.399 e. The lowest BCUT2D eigenvalue weighted by atomic mass is 10.1. The highest BCUT2D eigenvalue weighted by Crippen LogP contribution is 2.29. The Morgan fingerprint density at radius 2 is 2.10 bits per heavy atom. The van der Waals surface area contributed by atoms with Crippen LogP contribution in [0.1, 0.15) is 24.1 Å². The summed E-state index contributed by atoms with van der Waals surface area (Å²) in [6, 6.07) is 11.5. The van der Waals surface area contributed by atoms with E-state index in [-0.39, 0.29) is 5.91 Å². The van der Waals surface area contributed by atoms with Crippen LogP contribution in [-0.2, 0) is 17.8 Å². The number of aromatic nitrogens is 1.